The quantitative estimate of drug-likeness (QED) is 0.0110. The summed E-state index contributed by atoms with van der Waals surface area (Å²) >= 11 is 1.67. The molecule has 4 heterocycles. The predicted octanol–water partition coefficient (Wildman–Crippen LogP) is 9.59. The first-order valence-corrected chi connectivity index (χ1v) is 42.4. The summed E-state index contributed by atoms with van der Waals surface area (Å²) in [5, 5.41) is 137. The SMILES string of the molecule is CO[C@@H]1C=C[C@@H](C)CC[C@@H](O)C[C@H](O)CCC[C@H](O)CCCC[C@@H](C)[C@H](OS(=O)(=O)O)[C@H](NC(=O)C(C)=C[C@H](C)[C@H](O)C[C@H](O)C[C@H](O)CCC[C@H](O)C[C@H](O)C[C@H](O)C[C@@H]2O[C@H](c3csc(CCCCCCCC[C@H](C)N)n3)CC[C@H]2C)[C@@H](C)OC(=O)c2coc(n2)CCC[C@@H](O)C[C@@H](O)CCC[C@H](O)C1. The second-order valence-electron chi connectivity index (χ2n) is 31.8. The molecule has 2 aliphatic rings. The molecule has 23 atom stereocenters. The van der Waals surface area contributed by atoms with E-state index in [1.54, 1.807) is 32.3 Å². The summed E-state index contributed by atoms with van der Waals surface area (Å²) in [6.45, 7) is 12.2. The number of aromatic nitrogens is 2. The summed E-state index contributed by atoms with van der Waals surface area (Å²) in [4.78, 5) is 37.2. The van der Waals surface area contributed by atoms with Gasteiger partial charge < -0.3 is 91.0 Å². The van der Waals surface area contributed by atoms with Crippen molar-refractivity contribution in [2.45, 2.75) is 395 Å². The number of carbonyl (C=O) groups is 2. The van der Waals surface area contributed by atoms with Gasteiger partial charge in [-0.25, -0.2) is 18.9 Å². The highest BCUT2D eigenvalue weighted by atomic mass is 32.3. The van der Waals surface area contributed by atoms with Gasteiger partial charge in [0.2, 0.25) is 5.91 Å². The van der Waals surface area contributed by atoms with Crippen molar-refractivity contribution in [2.75, 3.05) is 7.11 Å². The number of methoxy groups -OCH3 is 1. The molecule has 28 heteroatoms. The lowest BCUT2D eigenvalue weighted by Crippen LogP contribution is -2.55. The first-order valence-electron chi connectivity index (χ1n) is 40.2. The van der Waals surface area contributed by atoms with Crippen LogP contribution in [-0.4, -0.2) is 213 Å². The molecule has 0 radical (unpaired) electrons. The third-order valence-electron chi connectivity index (χ3n) is 21.3. The topological polar surface area (TPSA) is 445 Å². The van der Waals surface area contributed by atoms with E-state index in [1.807, 2.05) is 19.1 Å². The lowest BCUT2D eigenvalue weighted by molar-refractivity contribution is -0.120. The molecule has 0 aromatic carbocycles. The van der Waals surface area contributed by atoms with Crippen LogP contribution in [0.2, 0.25) is 0 Å². The van der Waals surface area contributed by atoms with E-state index < -0.39 is 126 Å². The summed E-state index contributed by atoms with van der Waals surface area (Å²) in [6, 6.07) is -1.21. The van der Waals surface area contributed by atoms with E-state index in [1.165, 1.54) is 52.0 Å². The number of aliphatic hydroxyl groups excluding tert-OH is 12. The van der Waals surface area contributed by atoms with Crippen molar-refractivity contribution in [1.29, 1.82) is 0 Å². The minimum Gasteiger partial charge on any atom is -0.456 e. The number of cyclic esters (lactones) is 1. The minimum atomic E-state index is -5.24. The zero-order chi connectivity index (χ0) is 79.2. The van der Waals surface area contributed by atoms with Crippen LogP contribution in [0.25, 0.3) is 0 Å². The Labute approximate surface area is 642 Å². The number of thiazole rings is 1. The Morgan fingerprint density at radius 1 is 0.664 bits per heavy atom. The maximum Gasteiger partial charge on any atom is 0.397 e. The van der Waals surface area contributed by atoms with Gasteiger partial charge in [0.1, 0.15) is 24.6 Å². The predicted molar refractivity (Wildman–Crippen MR) is 410 cm³/mol. The van der Waals surface area contributed by atoms with Crippen LogP contribution in [0.4, 0.5) is 0 Å². The molecule has 2 aromatic rings. The number of nitrogens with zero attached hydrogens (tertiary/aromatic N) is 2. The molecule has 107 heavy (non-hydrogen) atoms. The standard InChI is InChI=1S/C79H140N4O22S2/c1-50-33-36-64(91)41-59(86)25-17-24-57(84)23-16-15-21-52(3)77(105-107(98,99)100)76(56(7)103-79(97)69-48-102-74(81-69)31-20-30-60(87)40-58(85)26-19-29-63(90)45-68(101-8)37-34-50)83-78(96)54(5)39-53(4)71(95)46-66(93)43-62(89)28-18-27-61(88)42-65(92)44-67(94)47-73-51(2)35-38-72(104-73)70-49-106-75(82-70)32-14-12-10-9-11-13-22-55(6)80/h34,37,39,48-53,55-68,71-73,76-77,84-95H,9-33,35-36,38,40-47,80H2,1-8H3,(H,83,96)(H,98,99,100)/t50-,51+,52+,53-,55-,56+,57+,58-,59+,60+,61-,62+,63-,64+,65-,66+,67-,68+,71+,72-,73-,76+,77-/m0/s1. The molecule has 4 rings (SSSR count). The van der Waals surface area contributed by atoms with Crippen LogP contribution in [0.15, 0.2) is 39.9 Å². The van der Waals surface area contributed by atoms with Gasteiger partial charge in [-0.05, 0) is 212 Å². The lowest BCUT2D eigenvalue weighted by atomic mass is 9.88. The average Bonchev–Trinajstić information content (AvgIpc) is 1.73. The van der Waals surface area contributed by atoms with Gasteiger partial charge in [0, 0.05) is 42.9 Å². The van der Waals surface area contributed by atoms with Crippen LogP contribution >= 0.6 is 11.3 Å². The van der Waals surface area contributed by atoms with Crippen molar-refractivity contribution in [2.24, 2.45) is 29.4 Å². The van der Waals surface area contributed by atoms with Crippen LogP contribution in [0.5, 0.6) is 0 Å². The fourth-order valence-corrected chi connectivity index (χ4v) is 16.1. The van der Waals surface area contributed by atoms with Gasteiger partial charge in [-0.3, -0.25) is 9.35 Å². The van der Waals surface area contributed by atoms with E-state index in [0.29, 0.717) is 96.3 Å². The number of fused-ring (bicyclic) bond motifs is 2. The summed E-state index contributed by atoms with van der Waals surface area (Å²) < 4.78 is 64.3. The van der Waals surface area contributed by atoms with Crippen molar-refractivity contribution in [1.82, 2.24) is 15.3 Å². The first-order chi connectivity index (χ1) is 50.7. The highest BCUT2D eigenvalue weighted by molar-refractivity contribution is 7.80. The molecule has 0 aliphatic carbocycles. The monoisotopic (exact) mass is 1560 g/mol. The van der Waals surface area contributed by atoms with Crippen molar-refractivity contribution >= 4 is 33.6 Å². The largest absolute Gasteiger partial charge is 0.456 e. The van der Waals surface area contributed by atoms with Crippen molar-refractivity contribution in [3.05, 3.63) is 57.7 Å². The van der Waals surface area contributed by atoms with E-state index in [-0.39, 0.29) is 124 Å². The maximum atomic E-state index is 14.2. The zero-order valence-electron chi connectivity index (χ0n) is 65.4. The second kappa shape index (κ2) is 52.0. The Bertz CT molecular complexity index is 2890. The van der Waals surface area contributed by atoms with Crippen molar-refractivity contribution in [3.8, 4) is 0 Å². The molecule has 0 saturated carbocycles. The number of aryl methyl sites for hydroxylation is 2. The molecule has 1 amide bonds. The van der Waals surface area contributed by atoms with Crippen LogP contribution in [0, 0.1) is 23.7 Å². The third kappa shape index (κ3) is 41.2. The summed E-state index contributed by atoms with van der Waals surface area (Å²) in [5.41, 5.74) is 6.57. The minimum absolute atomic E-state index is 0.0190. The number of allylic oxidation sites excluding steroid dienone is 1. The highest BCUT2D eigenvalue weighted by Crippen LogP contribution is 2.38. The Morgan fingerprint density at radius 3 is 1.87 bits per heavy atom. The van der Waals surface area contributed by atoms with Gasteiger partial charge in [-0.1, -0.05) is 90.9 Å². The number of unbranched alkanes of at least 4 members (excludes halogenated alkanes) is 5. The molecule has 2 aromatic heterocycles. The molecular weight excluding hydrogens is 1420 g/mol. The molecule has 26 nitrogen and oxygen atoms in total. The molecule has 0 spiro atoms. The number of carbonyl (C=O) groups excluding carboxylic acids is 2. The molecule has 2 aliphatic heterocycles. The van der Waals surface area contributed by atoms with Gasteiger partial charge in [-0.15, -0.1) is 11.3 Å². The summed E-state index contributed by atoms with van der Waals surface area (Å²) in [6.07, 6.45) is 10.1. The summed E-state index contributed by atoms with van der Waals surface area (Å²) in [7, 11) is -3.68. The average molecular weight is 1560 g/mol. The van der Waals surface area contributed by atoms with Crippen LogP contribution in [-0.2, 0) is 46.4 Å². The third-order valence-corrected chi connectivity index (χ3v) is 22.7. The number of amides is 1. The number of ether oxygens (including phenoxy) is 3. The number of esters is 1. The number of hydrogen-bond donors (Lipinski definition) is 15. The van der Waals surface area contributed by atoms with Crippen LogP contribution < -0.4 is 11.1 Å². The lowest BCUT2D eigenvalue weighted by Gasteiger charge is -2.35. The van der Waals surface area contributed by atoms with Gasteiger partial charge in [-0.2, -0.15) is 8.42 Å². The number of aliphatic hydroxyl groups is 12. The van der Waals surface area contributed by atoms with Gasteiger partial charge >= 0.3 is 16.4 Å². The Hall–Kier alpha value is -3.47. The normalized spacial score (nSPS) is 29.7. The molecule has 2 bridgehead atoms. The van der Waals surface area contributed by atoms with Crippen molar-refractivity contribution < 1.29 is 107 Å². The Morgan fingerprint density at radius 2 is 1.23 bits per heavy atom. The Kier molecular flexibility index (Phi) is 46.6. The molecule has 620 valence electrons. The van der Waals surface area contributed by atoms with Gasteiger partial charge in [0.25, 0.3) is 0 Å². The Balaban J connectivity index is 1.32. The van der Waals surface area contributed by atoms with E-state index >= 15 is 0 Å². The van der Waals surface area contributed by atoms with E-state index in [2.05, 4.69) is 29.5 Å². The maximum absolute atomic E-state index is 14.2. The highest BCUT2D eigenvalue weighted by Gasteiger charge is 2.40. The van der Waals surface area contributed by atoms with Crippen molar-refractivity contribution in [3.63, 3.8) is 0 Å². The summed E-state index contributed by atoms with van der Waals surface area (Å²) in [5.74, 6) is -2.94. The first kappa shape index (κ1) is 95.9. The molecule has 16 N–H and O–H groups in total. The number of rotatable bonds is 31. The number of nitrogens with two attached hydrogens (primary N) is 1. The zero-order valence-corrected chi connectivity index (χ0v) is 67.0. The molecule has 1 saturated heterocycles. The van der Waals surface area contributed by atoms with E-state index in [0.717, 1.165) is 49.1 Å². The molecular formula is C79H140N4O22S2. The van der Waals surface area contributed by atoms with E-state index in [9.17, 15) is 83.8 Å². The number of oxazole rings is 1. The van der Waals surface area contributed by atoms with Crippen LogP contribution in [0.1, 0.15) is 300 Å². The van der Waals surface area contributed by atoms with Gasteiger partial charge in [0.15, 0.2) is 11.6 Å². The smallest absolute Gasteiger partial charge is 0.397 e. The second-order valence-corrected chi connectivity index (χ2v) is 33.8. The molecule has 0 unspecified atom stereocenters. The van der Waals surface area contributed by atoms with Gasteiger partial charge in [0.05, 0.1) is 102 Å². The fraction of sp³-hybridized carbons (Fsp3) is 0.848. The molecule has 1 fully saturated rings. The fourth-order valence-electron chi connectivity index (χ4n) is 14.6. The van der Waals surface area contributed by atoms with Crippen LogP contribution in [0.3, 0.4) is 0 Å². The number of nitrogens with one attached hydrogen (secondary N) is 1. The number of hydrogen-bond acceptors (Lipinski definition) is 25. The van der Waals surface area contributed by atoms with E-state index in [4.69, 9.17) is 33.5 Å².